The van der Waals surface area contributed by atoms with Crippen molar-refractivity contribution in [1.29, 1.82) is 0 Å². The lowest BCUT2D eigenvalue weighted by Crippen LogP contribution is -2.48. The molecule has 0 aromatic heterocycles. The minimum atomic E-state index is -0.868. The summed E-state index contributed by atoms with van der Waals surface area (Å²) in [5.41, 5.74) is 0. The van der Waals surface area contributed by atoms with Crippen molar-refractivity contribution < 1.29 is 38.4 Å². The van der Waals surface area contributed by atoms with Gasteiger partial charge in [-0.05, 0) is 31.7 Å². The molecule has 0 aromatic rings. The summed E-state index contributed by atoms with van der Waals surface area (Å²) in [7, 11) is 0. The zero-order valence-corrected chi connectivity index (χ0v) is 24.8. The van der Waals surface area contributed by atoms with Gasteiger partial charge in [0.1, 0.15) is 0 Å². The van der Waals surface area contributed by atoms with Crippen LogP contribution in [-0.4, -0.2) is 125 Å². The third-order valence-corrected chi connectivity index (χ3v) is 5.87. The smallest absolute Gasteiger partial charge is 0.305 e. The Morgan fingerprint density at radius 1 is 0.816 bits per heavy atom. The Morgan fingerprint density at radius 2 is 1.26 bits per heavy atom. The number of piperidine rings is 1. The van der Waals surface area contributed by atoms with Crippen molar-refractivity contribution in [1.82, 2.24) is 9.80 Å². The molecule has 1 aliphatic heterocycles. The first-order valence-corrected chi connectivity index (χ1v) is 14.6. The Bertz CT molecular complexity index is 557. The van der Waals surface area contributed by atoms with E-state index in [1.165, 1.54) is 6.42 Å². The van der Waals surface area contributed by atoms with Crippen LogP contribution in [-0.2, 0) is 33.3 Å². The first-order valence-electron chi connectivity index (χ1n) is 14.6. The predicted molar refractivity (Wildman–Crippen MR) is 149 cm³/mol. The van der Waals surface area contributed by atoms with Crippen molar-refractivity contribution in [3.05, 3.63) is 0 Å². The normalized spacial score (nSPS) is 14.4. The molecule has 0 spiro atoms. The molecule has 1 aliphatic rings. The highest BCUT2D eigenvalue weighted by Crippen LogP contribution is 2.19. The van der Waals surface area contributed by atoms with E-state index in [-0.39, 0.29) is 18.9 Å². The quantitative estimate of drug-likeness (QED) is 0.192. The van der Waals surface area contributed by atoms with Crippen LogP contribution in [0.15, 0.2) is 0 Å². The van der Waals surface area contributed by atoms with Gasteiger partial charge < -0.3 is 38.6 Å². The lowest BCUT2D eigenvalue weighted by molar-refractivity contribution is -0.138. The molecule has 0 aromatic carbocycles. The second-order valence-electron chi connectivity index (χ2n) is 9.46. The topological polar surface area (TPSA) is 107 Å². The zero-order chi connectivity index (χ0) is 28.4. The third-order valence-electron chi connectivity index (χ3n) is 5.87. The average molecular weight is 549 g/mol. The number of rotatable bonds is 23. The van der Waals surface area contributed by atoms with E-state index in [2.05, 4.69) is 30.6 Å². The third kappa shape index (κ3) is 20.6. The molecule has 1 amide bonds. The maximum Gasteiger partial charge on any atom is 0.305 e. The van der Waals surface area contributed by atoms with Crippen LogP contribution in [0.1, 0.15) is 66.7 Å². The van der Waals surface area contributed by atoms with Crippen molar-refractivity contribution in [3.63, 3.8) is 0 Å². The van der Waals surface area contributed by atoms with Gasteiger partial charge in [0.2, 0.25) is 5.91 Å². The number of hydrogen-bond donors (Lipinski definition) is 1. The van der Waals surface area contributed by atoms with Gasteiger partial charge in [-0.1, -0.05) is 34.6 Å². The number of carboxylic acid groups (broad SMARTS) is 1. The molecular weight excluding hydrogens is 492 g/mol. The Hall–Kier alpha value is -1.30. The number of hydrogen-bond acceptors (Lipinski definition) is 8. The Kier molecular flexibility index (Phi) is 25.1. The van der Waals surface area contributed by atoms with Crippen molar-refractivity contribution >= 4 is 11.9 Å². The van der Waals surface area contributed by atoms with Crippen LogP contribution in [0.4, 0.5) is 0 Å². The van der Waals surface area contributed by atoms with Crippen molar-refractivity contribution in [2.45, 2.75) is 72.8 Å². The van der Waals surface area contributed by atoms with E-state index in [9.17, 15) is 9.59 Å². The average Bonchev–Trinajstić information content (AvgIpc) is 2.89. The highest BCUT2D eigenvalue weighted by Gasteiger charge is 2.27. The Balaban J connectivity index is 0.00000667. The number of amides is 1. The highest BCUT2D eigenvalue weighted by atomic mass is 16.6. The molecule has 1 saturated heterocycles. The lowest BCUT2D eigenvalue weighted by atomic mass is 10.0. The van der Waals surface area contributed by atoms with Crippen LogP contribution in [0.25, 0.3) is 0 Å². The monoisotopic (exact) mass is 548 g/mol. The number of carbonyl (C=O) groups is 2. The zero-order valence-electron chi connectivity index (χ0n) is 24.8. The fourth-order valence-corrected chi connectivity index (χ4v) is 4.05. The predicted octanol–water partition coefficient (Wildman–Crippen LogP) is 3.32. The van der Waals surface area contributed by atoms with Gasteiger partial charge in [-0.15, -0.1) is 0 Å². The van der Waals surface area contributed by atoms with E-state index in [1.807, 2.05) is 13.8 Å². The van der Waals surface area contributed by atoms with E-state index >= 15 is 0 Å². The minimum absolute atomic E-state index is 0.00316. The molecular formula is C28H56N2O8. The first kappa shape index (κ1) is 36.7. The van der Waals surface area contributed by atoms with Gasteiger partial charge in [-0.3, -0.25) is 9.59 Å². The van der Waals surface area contributed by atoms with E-state index in [0.29, 0.717) is 84.4 Å². The summed E-state index contributed by atoms with van der Waals surface area (Å²) < 4.78 is 27.2. The molecule has 1 heterocycles. The van der Waals surface area contributed by atoms with Gasteiger partial charge in [0, 0.05) is 32.1 Å². The molecule has 10 nitrogen and oxygen atoms in total. The lowest BCUT2D eigenvalue weighted by Gasteiger charge is -2.39. The standard InChI is InChI=1S/C26H50N2O8.C2H6/c1-4-8-27-9-5-24(6-10-27)28(25(29)22-23(2)3)11-13-33-15-17-35-19-21-36-20-18-34-16-14-32-12-7-26(30)31;1-2/h23-24H,4-22H2,1-3H3,(H,30,31);1-2H3. The Labute approximate surface area is 231 Å². The molecule has 0 unspecified atom stereocenters. The van der Waals surface area contributed by atoms with Gasteiger partial charge in [0.05, 0.1) is 72.5 Å². The van der Waals surface area contributed by atoms with Crippen molar-refractivity contribution in [2.24, 2.45) is 5.92 Å². The molecule has 1 N–H and O–H groups in total. The van der Waals surface area contributed by atoms with Crippen LogP contribution < -0.4 is 0 Å². The summed E-state index contributed by atoms with van der Waals surface area (Å²) in [6, 6.07) is 0.315. The van der Waals surface area contributed by atoms with Crippen molar-refractivity contribution in [2.75, 3.05) is 92.2 Å². The molecule has 10 heteroatoms. The number of likely N-dealkylation sites (tertiary alicyclic amines) is 1. The molecule has 0 radical (unpaired) electrons. The molecule has 0 bridgehead atoms. The van der Waals surface area contributed by atoms with Gasteiger partial charge >= 0.3 is 5.97 Å². The molecule has 1 fully saturated rings. The maximum atomic E-state index is 12.9. The van der Waals surface area contributed by atoms with Crippen LogP contribution in [0, 0.1) is 5.92 Å². The fraction of sp³-hybridized carbons (Fsp3) is 0.929. The van der Waals surface area contributed by atoms with Gasteiger partial charge in [-0.2, -0.15) is 0 Å². The van der Waals surface area contributed by atoms with E-state index < -0.39 is 5.97 Å². The van der Waals surface area contributed by atoms with Crippen LogP contribution >= 0.6 is 0 Å². The van der Waals surface area contributed by atoms with E-state index in [1.54, 1.807) is 0 Å². The second kappa shape index (κ2) is 26.0. The molecule has 226 valence electrons. The number of carboxylic acids is 1. The van der Waals surface area contributed by atoms with Crippen LogP contribution in [0.3, 0.4) is 0 Å². The fourth-order valence-electron chi connectivity index (χ4n) is 4.05. The molecule has 38 heavy (non-hydrogen) atoms. The highest BCUT2D eigenvalue weighted by molar-refractivity contribution is 5.76. The van der Waals surface area contributed by atoms with E-state index in [0.717, 1.165) is 32.5 Å². The summed E-state index contributed by atoms with van der Waals surface area (Å²) in [4.78, 5) is 27.8. The largest absolute Gasteiger partial charge is 0.481 e. The molecule has 1 rings (SSSR count). The Morgan fingerprint density at radius 3 is 1.68 bits per heavy atom. The minimum Gasteiger partial charge on any atom is -0.481 e. The number of aliphatic carboxylic acids is 1. The van der Waals surface area contributed by atoms with Gasteiger partial charge in [0.15, 0.2) is 0 Å². The molecule has 0 aliphatic carbocycles. The van der Waals surface area contributed by atoms with Crippen LogP contribution in [0.5, 0.6) is 0 Å². The number of ether oxygens (including phenoxy) is 5. The second-order valence-corrected chi connectivity index (χ2v) is 9.46. The summed E-state index contributed by atoms with van der Waals surface area (Å²) >= 11 is 0. The summed E-state index contributed by atoms with van der Waals surface area (Å²) in [6.07, 6.45) is 3.84. The maximum absolute atomic E-state index is 12.9. The van der Waals surface area contributed by atoms with Crippen molar-refractivity contribution in [3.8, 4) is 0 Å². The summed E-state index contributed by atoms with van der Waals surface area (Å²) in [5.74, 6) is -0.273. The van der Waals surface area contributed by atoms with Gasteiger partial charge in [-0.25, -0.2) is 0 Å². The SMILES string of the molecule is CC.CCCN1CCC(N(CCOCCOCCOCCOCCOCCC(=O)O)C(=O)CC(C)C)CC1. The molecule has 0 atom stereocenters. The van der Waals surface area contributed by atoms with Gasteiger partial charge in [0.25, 0.3) is 0 Å². The van der Waals surface area contributed by atoms with Crippen LogP contribution in [0.2, 0.25) is 0 Å². The van der Waals surface area contributed by atoms with E-state index in [4.69, 9.17) is 28.8 Å². The number of nitrogens with zero attached hydrogens (tertiary/aromatic N) is 2. The summed E-state index contributed by atoms with van der Waals surface area (Å²) in [6.45, 7) is 18.7. The summed E-state index contributed by atoms with van der Waals surface area (Å²) in [5, 5.41) is 8.50. The number of carbonyl (C=O) groups excluding carboxylic acids is 1. The molecule has 0 saturated carbocycles. The first-order chi connectivity index (χ1) is 18.4.